The van der Waals surface area contributed by atoms with Gasteiger partial charge in [0, 0.05) is 33.6 Å². The van der Waals surface area contributed by atoms with E-state index in [-0.39, 0.29) is 30.6 Å². The van der Waals surface area contributed by atoms with Crippen molar-refractivity contribution in [2.75, 3.05) is 20.6 Å². The van der Waals surface area contributed by atoms with Crippen molar-refractivity contribution in [1.29, 1.82) is 0 Å². The van der Waals surface area contributed by atoms with Gasteiger partial charge >= 0.3 is 5.69 Å². The number of amides is 2. The van der Waals surface area contributed by atoms with Gasteiger partial charge in [-0.2, -0.15) is 5.10 Å². The van der Waals surface area contributed by atoms with Gasteiger partial charge in [-0.25, -0.2) is 14.5 Å². The molecular formula is C15H20N6O4. The second-order valence-electron chi connectivity index (χ2n) is 6.00. The molecule has 0 bridgehead atoms. The molecule has 2 aromatic rings. The summed E-state index contributed by atoms with van der Waals surface area (Å²) in [6, 6.07) is 0. The Balaban J connectivity index is 1.81. The standard InChI is InChI=1S/C15H20N6O4/c1-4-10-13(16-9-25-10)14(23)19-5-6-20-11(7-19)17-21(15(20)24)8-12(22)18(2)3/h9H,4-8H2,1-3H3. The van der Waals surface area contributed by atoms with Gasteiger partial charge in [-0.3, -0.25) is 14.2 Å². The van der Waals surface area contributed by atoms with E-state index in [4.69, 9.17) is 4.42 Å². The molecule has 3 heterocycles. The predicted octanol–water partition coefficient (Wildman–Crippen LogP) is -0.661. The summed E-state index contributed by atoms with van der Waals surface area (Å²) in [6.07, 6.45) is 1.83. The van der Waals surface area contributed by atoms with Crippen molar-refractivity contribution in [2.45, 2.75) is 33.0 Å². The van der Waals surface area contributed by atoms with E-state index in [2.05, 4.69) is 10.1 Å². The van der Waals surface area contributed by atoms with Crippen LogP contribution in [0.4, 0.5) is 0 Å². The Morgan fingerprint density at radius 1 is 1.32 bits per heavy atom. The monoisotopic (exact) mass is 348 g/mol. The fourth-order valence-electron chi connectivity index (χ4n) is 2.69. The second kappa shape index (κ2) is 6.54. The fourth-order valence-corrected chi connectivity index (χ4v) is 2.69. The Kier molecular flexibility index (Phi) is 4.43. The average molecular weight is 348 g/mol. The minimum absolute atomic E-state index is 0.122. The molecule has 134 valence electrons. The van der Waals surface area contributed by atoms with Crippen LogP contribution in [0.2, 0.25) is 0 Å². The van der Waals surface area contributed by atoms with E-state index in [1.165, 1.54) is 15.9 Å². The molecule has 0 aromatic carbocycles. The molecule has 0 unspecified atom stereocenters. The lowest BCUT2D eigenvalue weighted by Gasteiger charge is -2.26. The lowest BCUT2D eigenvalue weighted by Crippen LogP contribution is -2.41. The van der Waals surface area contributed by atoms with Crippen molar-refractivity contribution < 1.29 is 14.0 Å². The van der Waals surface area contributed by atoms with E-state index >= 15 is 0 Å². The van der Waals surface area contributed by atoms with E-state index in [0.29, 0.717) is 36.8 Å². The molecule has 2 aromatic heterocycles. The first-order valence-electron chi connectivity index (χ1n) is 8.00. The van der Waals surface area contributed by atoms with Crippen LogP contribution in [0.5, 0.6) is 0 Å². The lowest BCUT2D eigenvalue weighted by molar-refractivity contribution is -0.129. The summed E-state index contributed by atoms with van der Waals surface area (Å²) in [4.78, 5) is 43.8. The first-order chi connectivity index (χ1) is 11.9. The lowest BCUT2D eigenvalue weighted by atomic mass is 10.2. The summed E-state index contributed by atoms with van der Waals surface area (Å²) in [5.41, 5.74) is -0.0477. The Morgan fingerprint density at radius 3 is 2.76 bits per heavy atom. The number of carbonyl (C=O) groups excluding carboxylic acids is 2. The molecule has 3 rings (SSSR count). The molecule has 0 saturated carbocycles. The topological polar surface area (TPSA) is 106 Å². The number of nitrogens with zero attached hydrogens (tertiary/aromatic N) is 6. The molecular weight excluding hydrogens is 328 g/mol. The zero-order valence-corrected chi connectivity index (χ0v) is 14.4. The number of rotatable bonds is 4. The molecule has 1 aliphatic rings. The first kappa shape index (κ1) is 16.9. The highest BCUT2D eigenvalue weighted by molar-refractivity contribution is 5.93. The van der Waals surface area contributed by atoms with E-state index in [1.807, 2.05) is 6.92 Å². The van der Waals surface area contributed by atoms with Gasteiger partial charge in [0.1, 0.15) is 12.3 Å². The summed E-state index contributed by atoms with van der Waals surface area (Å²) in [7, 11) is 3.24. The van der Waals surface area contributed by atoms with Crippen molar-refractivity contribution in [3.63, 3.8) is 0 Å². The van der Waals surface area contributed by atoms with Crippen LogP contribution >= 0.6 is 0 Å². The average Bonchev–Trinajstić information content (AvgIpc) is 3.19. The highest BCUT2D eigenvalue weighted by Crippen LogP contribution is 2.15. The predicted molar refractivity (Wildman–Crippen MR) is 85.8 cm³/mol. The normalized spacial score (nSPS) is 13.6. The van der Waals surface area contributed by atoms with E-state index in [1.54, 1.807) is 19.0 Å². The number of aryl methyl sites for hydroxylation is 1. The van der Waals surface area contributed by atoms with Crippen LogP contribution in [0.1, 0.15) is 29.0 Å². The van der Waals surface area contributed by atoms with Crippen LogP contribution in [-0.2, 0) is 30.8 Å². The van der Waals surface area contributed by atoms with Gasteiger partial charge in [-0.05, 0) is 0 Å². The summed E-state index contributed by atoms with van der Waals surface area (Å²) in [5, 5.41) is 4.21. The molecule has 0 fully saturated rings. The van der Waals surface area contributed by atoms with Gasteiger partial charge in [0.05, 0.1) is 6.54 Å². The highest BCUT2D eigenvalue weighted by atomic mass is 16.3. The molecule has 0 aliphatic carbocycles. The number of likely N-dealkylation sites (N-methyl/N-ethyl adjacent to an activating group) is 1. The quantitative estimate of drug-likeness (QED) is 0.726. The number of hydrogen-bond acceptors (Lipinski definition) is 6. The number of hydrogen-bond donors (Lipinski definition) is 0. The third kappa shape index (κ3) is 3.06. The molecule has 10 heteroatoms. The molecule has 0 spiro atoms. The van der Waals surface area contributed by atoms with E-state index in [9.17, 15) is 14.4 Å². The van der Waals surface area contributed by atoms with E-state index in [0.717, 1.165) is 4.68 Å². The number of aromatic nitrogens is 4. The van der Waals surface area contributed by atoms with Gasteiger partial charge in [-0.15, -0.1) is 0 Å². The smallest absolute Gasteiger partial charge is 0.346 e. The molecule has 25 heavy (non-hydrogen) atoms. The van der Waals surface area contributed by atoms with Crippen LogP contribution in [0.25, 0.3) is 0 Å². The minimum Gasteiger partial charge on any atom is -0.448 e. The molecule has 0 radical (unpaired) electrons. The zero-order chi connectivity index (χ0) is 18.1. The Morgan fingerprint density at radius 2 is 2.08 bits per heavy atom. The molecule has 0 N–H and O–H groups in total. The number of oxazole rings is 1. The third-order valence-electron chi connectivity index (χ3n) is 4.16. The summed E-state index contributed by atoms with van der Waals surface area (Å²) >= 11 is 0. The van der Waals surface area contributed by atoms with Gasteiger partial charge in [0.25, 0.3) is 5.91 Å². The van der Waals surface area contributed by atoms with E-state index < -0.39 is 0 Å². The first-order valence-corrected chi connectivity index (χ1v) is 8.00. The van der Waals surface area contributed by atoms with Gasteiger partial charge in [0.2, 0.25) is 5.91 Å². The Hall–Kier alpha value is -2.91. The zero-order valence-electron chi connectivity index (χ0n) is 14.4. The van der Waals surface area contributed by atoms with Crippen molar-refractivity contribution in [3.05, 3.63) is 34.2 Å². The number of carbonyl (C=O) groups is 2. The van der Waals surface area contributed by atoms with Crippen molar-refractivity contribution in [2.24, 2.45) is 0 Å². The van der Waals surface area contributed by atoms with Gasteiger partial charge in [0.15, 0.2) is 17.9 Å². The largest absolute Gasteiger partial charge is 0.448 e. The maximum absolute atomic E-state index is 12.6. The summed E-state index contributed by atoms with van der Waals surface area (Å²) < 4.78 is 7.84. The maximum atomic E-state index is 12.6. The number of fused-ring (bicyclic) bond motifs is 1. The van der Waals surface area contributed by atoms with Crippen LogP contribution < -0.4 is 5.69 Å². The van der Waals surface area contributed by atoms with Crippen molar-refractivity contribution in [3.8, 4) is 0 Å². The van der Waals surface area contributed by atoms with Crippen molar-refractivity contribution >= 4 is 11.8 Å². The van der Waals surface area contributed by atoms with Gasteiger partial charge < -0.3 is 14.2 Å². The third-order valence-corrected chi connectivity index (χ3v) is 4.16. The molecule has 10 nitrogen and oxygen atoms in total. The Labute approximate surface area is 143 Å². The Bertz CT molecular complexity index is 862. The van der Waals surface area contributed by atoms with Crippen LogP contribution in [-0.4, -0.2) is 61.6 Å². The molecule has 1 aliphatic heterocycles. The summed E-state index contributed by atoms with van der Waals surface area (Å²) in [5.74, 6) is 0.525. The fraction of sp³-hybridized carbons (Fsp3) is 0.533. The van der Waals surface area contributed by atoms with Crippen molar-refractivity contribution in [1.82, 2.24) is 29.1 Å². The second-order valence-corrected chi connectivity index (χ2v) is 6.00. The molecule has 0 saturated heterocycles. The molecule has 0 atom stereocenters. The molecule has 2 amide bonds. The highest BCUT2D eigenvalue weighted by Gasteiger charge is 2.28. The maximum Gasteiger partial charge on any atom is 0.346 e. The van der Waals surface area contributed by atoms with Gasteiger partial charge in [-0.1, -0.05) is 6.92 Å². The minimum atomic E-state index is -0.340. The van der Waals surface area contributed by atoms with Crippen LogP contribution in [0, 0.1) is 0 Å². The SMILES string of the molecule is CCc1ocnc1C(=O)N1CCn2c(nn(CC(=O)N(C)C)c2=O)C1. The summed E-state index contributed by atoms with van der Waals surface area (Å²) in [6.45, 7) is 2.65. The van der Waals surface area contributed by atoms with Crippen LogP contribution in [0.15, 0.2) is 15.6 Å². The van der Waals surface area contributed by atoms with Crippen LogP contribution in [0.3, 0.4) is 0 Å².